The van der Waals surface area contributed by atoms with Gasteiger partial charge in [-0.1, -0.05) is 140 Å². The Hall–Kier alpha value is -6.38. The molecule has 224 valence electrons. The highest BCUT2D eigenvalue weighted by atomic mass is 15.0. The molecule has 0 N–H and O–H groups in total. The quantitative estimate of drug-likeness (QED) is 0.188. The topological polar surface area (TPSA) is 9.86 Å². The van der Waals surface area contributed by atoms with Crippen molar-refractivity contribution in [3.05, 3.63) is 182 Å². The van der Waals surface area contributed by atoms with Crippen molar-refractivity contribution in [3.8, 4) is 33.6 Å². The minimum absolute atomic E-state index is 1.15. The third-order valence-corrected chi connectivity index (χ3v) is 9.91. The van der Waals surface area contributed by atoms with Crippen LogP contribution in [0.3, 0.4) is 0 Å². The molecule has 0 unspecified atom stereocenters. The van der Waals surface area contributed by atoms with E-state index in [0.29, 0.717) is 0 Å². The van der Waals surface area contributed by atoms with Crippen molar-refractivity contribution in [1.29, 1.82) is 0 Å². The summed E-state index contributed by atoms with van der Waals surface area (Å²) in [4.78, 5) is 0. The molecule has 10 aromatic rings. The van der Waals surface area contributed by atoms with Crippen LogP contribution in [0.1, 0.15) is 0 Å². The maximum Gasteiger partial charge on any atom is 0.0641 e. The Labute approximate surface area is 278 Å². The molecule has 10 rings (SSSR count). The van der Waals surface area contributed by atoms with Gasteiger partial charge in [0.1, 0.15) is 0 Å². The van der Waals surface area contributed by atoms with Crippen molar-refractivity contribution in [2.75, 3.05) is 0 Å². The summed E-state index contributed by atoms with van der Waals surface area (Å²) in [6, 6.07) is 66.1. The first kappa shape index (κ1) is 26.8. The van der Waals surface area contributed by atoms with Crippen molar-refractivity contribution in [2.24, 2.45) is 0 Å². The van der Waals surface area contributed by atoms with Gasteiger partial charge in [0, 0.05) is 32.9 Å². The molecule has 0 amide bonds. The van der Waals surface area contributed by atoms with Crippen molar-refractivity contribution >= 4 is 54.4 Å². The minimum atomic E-state index is 1.15. The fraction of sp³-hybridized carbons (Fsp3) is 0. The molecule has 2 nitrogen and oxygen atoms in total. The summed E-state index contributed by atoms with van der Waals surface area (Å²) in [6.07, 6.45) is 0. The molecule has 0 aliphatic heterocycles. The molecule has 0 aliphatic rings. The van der Waals surface area contributed by atoms with Gasteiger partial charge in [0.2, 0.25) is 0 Å². The van der Waals surface area contributed by atoms with Gasteiger partial charge >= 0.3 is 0 Å². The second-order valence-electron chi connectivity index (χ2n) is 12.6. The van der Waals surface area contributed by atoms with Crippen LogP contribution in [-0.4, -0.2) is 9.13 Å². The normalized spacial score (nSPS) is 11.8. The maximum atomic E-state index is 2.47. The molecule has 0 radical (unpaired) electrons. The van der Waals surface area contributed by atoms with Crippen LogP contribution in [0.15, 0.2) is 182 Å². The van der Waals surface area contributed by atoms with Crippen LogP contribution in [-0.2, 0) is 0 Å². The summed E-state index contributed by atoms with van der Waals surface area (Å²) in [5.74, 6) is 0. The zero-order chi connectivity index (χ0) is 31.6. The first-order valence-corrected chi connectivity index (χ1v) is 16.5. The van der Waals surface area contributed by atoms with E-state index in [1.165, 1.54) is 76.6 Å². The van der Waals surface area contributed by atoms with E-state index in [2.05, 4.69) is 191 Å². The lowest BCUT2D eigenvalue weighted by Gasteiger charge is -2.12. The van der Waals surface area contributed by atoms with Crippen LogP contribution in [0.4, 0.5) is 0 Å². The molecule has 0 fully saturated rings. The third-order valence-electron chi connectivity index (χ3n) is 9.91. The van der Waals surface area contributed by atoms with E-state index in [1.807, 2.05) is 0 Å². The number of nitrogens with zero attached hydrogens (tertiary/aromatic N) is 2. The Kier molecular flexibility index (Phi) is 5.91. The zero-order valence-electron chi connectivity index (χ0n) is 26.2. The summed E-state index contributed by atoms with van der Waals surface area (Å²) < 4.78 is 4.90. The standard InChI is InChI=1S/C46H30N2/c1-2-12-31(13-3-1)34-16-10-17-36(30-34)47-43-23-9-7-20-41(43)45-44(47)29-28-40-39-19-6-8-22-42(39)48(46(40)45)35-26-24-33(25-27-35)38-21-11-15-32-14-4-5-18-37(32)38/h1-30H. The first-order chi connectivity index (χ1) is 23.8. The highest BCUT2D eigenvalue weighted by Crippen LogP contribution is 2.42. The number of para-hydroxylation sites is 2. The summed E-state index contributed by atoms with van der Waals surface area (Å²) >= 11 is 0. The Balaban J connectivity index is 1.24. The molecule has 0 atom stereocenters. The smallest absolute Gasteiger partial charge is 0.0641 e. The summed E-state index contributed by atoms with van der Waals surface area (Å²) in [5.41, 5.74) is 12.1. The monoisotopic (exact) mass is 610 g/mol. The summed E-state index contributed by atoms with van der Waals surface area (Å²) in [6.45, 7) is 0. The van der Waals surface area contributed by atoms with E-state index >= 15 is 0 Å². The van der Waals surface area contributed by atoms with Gasteiger partial charge in [0.25, 0.3) is 0 Å². The molecule has 8 aromatic carbocycles. The van der Waals surface area contributed by atoms with Crippen molar-refractivity contribution in [1.82, 2.24) is 9.13 Å². The van der Waals surface area contributed by atoms with Crippen LogP contribution in [0, 0.1) is 0 Å². The van der Waals surface area contributed by atoms with Crippen LogP contribution in [0.25, 0.3) is 88.0 Å². The molecule has 2 heteroatoms. The number of fused-ring (bicyclic) bond motifs is 8. The van der Waals surface area contributed by atoms with E-state index in [9.17, 15) is 0 Å². The van der Waals surface area contributed by atoms with E-state index in [0.717, 1.165) is 11.4 Å². The predicted molar refractivity (Wildman–Crippen MR) is 203 cm³/mol. The minimum Gasteiger partial charge on any atom is -0.309 e. The molecule has 0 aliphatic carbocycles. The molecule has 0 spiro atoms. The van der Waals surface area contributed by atoms with Gasteiger partial charge in [0.05, 0.1) is 22.1 Å². The third kappa shape index (κ3) is 4.00. The Morgan fingerprint density at radius 2 is 0.958 bits per heavy atom. The molecule has 0 bridgehead atoms. The van der Waals surface area contributed by atoms with E-state index in [1.54, 1.807) is 0 Å². The van der Waals surface area contributed by atoms with Crippen molar-refractivity contribution in [2.45, 2.75) is 0 Å². The molecule has 2 aromatic heterocycles. The molecule has 0 saturated heterocycles. The average Bonchev–Trinajstić information content (AvgIpc) is 3.68. The molecule has 48 heavy (non-hydrogen) atoms. The SMILES string of the molecule is c1ccc(-c2cccc(-n3c4ccccc4c4c3ccc3c5ccccc5n(-c5ccc(-c6cccc7ccccc67)cc5)c34)c2)cc1. The van der Waals surface area contributed by atoms with Gasteiger partial charge < -0.3 is 9.13 Å². The lowest BCUT2D eigenvalue weighted by molar-refractivity contribution is 1.17. The van der Waals surface area contributed by atoms with E-state index < -0.39 is 0 Å². The average molecular weight is 611 g/mol. The van der Waals surface area contributed by atoms with Crippen LogP contribution < -0.4 is 0 Å². The fourth-order valence-electron chi connectivity index (χ4n) is 7.78. The van der Waals surface area contributed by atoms with Gasteiger partial charge in [-0.3, -0.25) is 0 Å². The van der Waals surface area contributed by atoms with Crippen LogP contribution in [0.5, 0.6) is 0 Å². The molecule has 0 saturated carbocycles. The number of hydrogen-bond donors (Lipinski definition) is 0. The number of benzene rings is 8. The highest BCUT2D eigenvalue weighted by Gasteiger charge is 2.21. The summed E-state index contributed by atoms with van der Waals surface area (Å²) in [7, 11) is 0. The van der Waals surface area contributed by atoms with Crippen LogP contribution >= 0.6 is 0 Å². The lowest BCUT2D eigenvalue weighted by atomic mass is 9.98. The van der Waals surface area contributed by atoms with Crippen molar-refractivity contribution in [3.63, 3.8) is 0 Å². The van der Waals surface area contributed by atoms with Gasteiger partial charge in [-0.05, 0) is 75.5 Å². The largest absolute Gasteiger partial charge is 0.309 e. The Morgan fingerprint density at radius 1 is 0.312 bits per heavy atom. The van der Waals surface area contributed by atoms with Crippen molar-refractivity contribution < 1.29 is 0 Å². The van der Waals surface area contributed by atoms with Crippen LogP contribution in [0.2, 0.25) is 0 Å². The van der Waals surface area contributed by atoms with Gasteiger partial charge in [-0.2, -0.15) is 0 Å². The molecular formula is C46H30N2. The number of hydrogen-bond acceptors (Lipinski definition) is 0. The highest BCUT2D eigenvalue weighted by molar-refractivity contribution is 6.26. The second kappa shape index (κ2) is 10.6. The fourth-order valence-corrected chi connectivity index (χ4v) is 7.78. The molecular weight excluding hydrogens is 581 g/mol. The lowest BCUT2D eigenvalue weighted by Crippen LogP contribution is -1.96. The van der Waals surface area contributed by atoms with Gasteiger partial charge in [-0.15, -0.1) is 0 Å². The number of aromatic nitrogens is 2. The Bertz CT molecular complexity index is 2810. The maximum absolute atomic E-state index is 2.47. The zero-order valence-corrected chi connectivity index (χ0v) is 26.2. The predicted octanol–water partition coefficient (Wildman–Crippen LogP) is 12.4. The van der Waals surface area contributed by atoms with E-state index in [4.69, 9.17) is 0 Å². The van der Waals surface area contributed by atoms with Gasteiger partial charge in [-0.25, -0.2) is 0 Å². The second-order valence-corrected chi connectivity index (χ2v) is 12.6. The van der Waals surface area contributed by atoms with E-state index in [-0.39, 0.29) is 0 Å². The first-order valence-electron chi connectivity index (χ1n) is 16.5. The number of rotatable bonds is 4. The van der Waals surface area contributed by atoms with Gasteiger partial charge in [0.15, 0.2) is 0 Å². The Morgan fingerprint density at radius 3 is 1.79 bits per heavy atom. The molecule has 2 heterocycles. The summed E-state index contributed by atoms with van der Waals surface area (Å²) in [5, 5.41) is 7.57.